The average molecular weight is 391 g/mol. The van der Waals surface area contributed by atoms with E-state index in [2.05, 4.69) is 18.7 Å². The molecule has 156 valence electrons. The Balaban J connectivity index is 1.70. The molecule has 0 aromatic heterocycles. The fourth-order valence-electron chi connectivity index (χ4n) is 4.33. The number of hydrogen-bond acceptors (Lipinski definition) is 5. The van der Waals surface area contributed by atoms with Gasteiger partial charge in [-0.15, -0.1) is 0 Å². The molecule has 2 aliphatic heterocycles. The van der Waals surface area contributed by atoms with E-state index in [0.29, 0.717) is 43.0 Å². The van der Waals surface area contributed by atoms with Crippen LogP contribution in [0.3, 0.4) is 0 Å². The summed E-state index contributed by atoms with van der Waals surface area (Å²) in [6.45, 7) is 7.93. The van der Waals surface area contributed by atoms with Crippen LogP contribution in [0.2, 0.25) is 0 Å². The Morgan fingerprint density at radius 1 is 1.07 bits per heavy atom. The minimum absolute atomic E-state index is 0.173. The Kier molecular flexibility index (Phi) is 6.20. The average Bonchev–Trinajstić information content (AvgIpc) is 2.67. The lowest BCUT2D eigenvalue weighted by Gasteiger charge is -2.44. The van der Waals surface area contributed by atoms with Gasteiger partial charge in [-0.3, -0.25) is 9.69 Å². The molecule has 3 rings (SSSR count). The third-order valence-electron chi connectivity index (χ3n) is 6.24. The van der Waals surface area contributed by atoms with Crippen LogP contribution in [0.1, 0.15) is 45.1 Å². The van der Waals surface area contributed by atoms with Gasteiger partial charge in [-0.1, -0.05) is 26.0 Å². The molecule has 1 atom stereocenters. The third-order valence-corrected chi connectivity index (χ3v) is 6.24. The van der Waals surface area contributed by atoms with Crippen molar-refractivity contribution in [2.45, 2.75) is 51.7 Å². The molecule has 1 amide bonds. The fourth-order valence-corrected chi connectivity index (χ4v) is 4.33. The number of ether oxygens (including phenoxy) is 2. The van der Waals surface area contributed by atoms with Crippen LogP contribution in [0.5, 0.6) is 11.5 Å². The summed E-state index contributed by atoms with van der Waals surface area (Å²) in [5.41, 5.74) is -0.0598. The first-order chi connectivity index (χ1) is 13.3. The normalized spacial score (nSPS) is 25.6. The molecule has 0 spiro atoms. The molecular weight excluding hydrogens is 356 g/mol. The Bertz CT molecular complexity index is 696. The number of hydrogen-bond donors (Lipinski definition) is 1. The van der Waals surface area contributed by atoms with Gasteiger partial charge >= 0.3 is 0 Å². The molecule has 2 saturated heterocycles. The Hall–Kier alpha value is -1.79. The molecule has 0 bridgehead atoms. The molecule has 1 N–H and O–H groups in total. The summed E-state index contributed by atoms with van der Waals surface area (Å²) < 4.78 is 10.9. The van der Waals surface area contributed by atoms with Gasteiger partial charge in [0.25, 0.3) is 5.91 Å². The highest BCUT2D eigenvalue weighted by Crippen LogP contribution is 2.34. The summed E-state index contributed by atoms with van der Waals surface area (Å²) in [5.74, 6) is 1.12. The van der Waals surface area contributed by atoms with Crippen LogP contribution in [0.15, 0.2) is 18.2 Å². The van der Waals surface area contributed by atoms with Crippen molar-refractivity contribution in [1.82, 2.24) is 9.80 Å². The second kappa shape index (κ2) is 8.29. The van der Waals surface area contributed by atoms with E-state index in [1.54, 1.807) is 19.1 Å². The predicted octanol–water partition coefficient (Wildman–Crippen LogP) is 2.68. The van der Waals surface area contributed by atoms with Crippen LogP contribution in [-0.2, 0) is 11.3 Å². The molecule has 1 aromatic rings. The molecule has 6 heteroatoms. The monoisotopic (exact) mass is 390 g/mol. The smallest absolute Gasteiger partial charge is 0.256 e. The van der Waals surface area contributed by atoms with Gasteiger partial charge in [0.05, 0.1) is 14.2 Å². The number of carbonyl (C=O) groups is 1. The fraction of sp³-hybridized carbons (Fsp3) is 0.682. The third kappa shape index (κ3) is 4.44. The maximum atomic E-state index is 13.2. The lowest BCUT2D eigenvalue weighted by molar-refractivity contribution is -0.160. The highest BCUT2D eigenvalue weighted by molar-refractivity contribution is 5.86. The van der Waals surface area contributed by atoms with Crippen molar-refractivity contribution < 1.29 is 19.4 Å². The van der Waals surface area contributed by atoms with Crippen LogP contribution in [0.25, 0.3) is 0 Å². The van der Waals surface area contributed by atoms with Crippen molar-refractivity contribution in [1.29, 1.82) is 0 Å². The molecular formula is C22H34N2O4. The number of carbonyl (C=O) groups excluding carboxylic acids is 1. The molecule has 2 aliphatic rings. The number of para-hydroxylation sites is 1. The number of rotatable bonds is 6. The zero-order chi connectivity index (χ0) is 20.4. The summed E-state index contributed by atoms with van der Waals surface area (Å²) in [5, 5.41) is 11.2. The molecule has 0 aliphatic carbocycles. The van der Waals surface area contributed by atoms with Crippen molar-refractivity contribution in [2.24, 2.45) is 5.41 Å². The standard InChI is InChI=1S/C22H34N2O4/c1-21(2)10-13-23(14-11-21)16-22(26)9-6-12-24(20(22)25)15-17-7-5-8-18(27-3)19(17)28-4/h5,7-8,26H,6,9-16H2,1-4H3/t22-/m1/s1. The maximum Gasteiger partial charge on any atom is 0.256 e. The molecule has 28 heavy (non-hydrogen) atoms. The number of amides is 1. The van der Waals surface area contributed by atoms with E-state index >= 15 is 0 Å². The number of piperidine rings is 2. The van der Waals surface area contributed by atoms with Crippen molar-refractivity contribution in [3.05, 3.63) is 23.8 Å². The van der Waals surface area contributed by atoms with E-state index in [0.717, 1.165) is 37.9 Å². The first kappa shape index (κ1) is 20.9. The number of nitrogens with zero attached hydrogens (tertiary/aromatic N) is 2. The highest BCUT2D eigenvalue weighted by atomic mass is 16.5. The van der Waals surface area contributed by atoms with Crippen molar-refractivity contribution in [3.63, 3.8) is 0 Å². The zero-order valence-corrected chi connectivity index (χ0v) is 17.7. The van der Waals surface area contributed by atoms with Gasteiger partial charge in [0.15, 0.2) is 17.1 Å². The van der Waals surface area contributed by atoms with Gasteiger partial charge in [0.1, 0.15) is 0 Å². The van der Waals surface area contributed by atoms with Crippen LogP contribution >= 0.6 is 0 Å². The first-order valence-electron chi connectivity index (χ1n) is 10.2. The Morgan fingerprint density at radius 2 is 1.79 bits per heavy atom. The molecule has 2 heterocycles. The van der Waals surface area contributed by atoms with Crippen LogP contribution in [0.4, 0.5) is 0 Å². The first-order valence-corrected chi connectivity index (χ1v) is 10.2. The SMILES string of the molecule is COc1cccc(CN2CCC[C@@](O)(CN3CCC(C)(C)CC3)C2=O)c1OC. The van der Waals surface area contributed by atoms with E-state index in [9.17, 15) is 9.90 Å². The molecule has 1 aromatic carbocycles. The van der Waals surface area contributed by atoms with Gasteiger partial charge in [-0.25, -0.2) is 0 Å². The van der Waals surface area contributed by atoms with E-state index in [4.69, 9.17) is 9.47 Å². The zero-order valence-electron chi connectivity index (χ0n) is 17.7. The summed E-state index contributed by atoms with van der Waals surface area (Å²) in [4.78, 5) is 17.2. The lowest BCUT2D eigenvalue weighted by Crippen LogP contribution is -2.59. The van der Waals surface area contributed by atoms with Crippen LogP contribution in [0, 0.1) is 5.41 Å². The molecule has 2 fully saturated rings. The molecule has 0 radical (unpaired) electrons. The minimum Gasteiger partial charge on any atom is -0.493 e. The van der Waals surface area contributed by atoms with Crippen LogP contribution in [-0.4, -0.2) is 66.8 Å². The summed E-state index contributed by atoms with van der Waals surface area (Å²) in [6, 6.07) is 5.68. The number of β-amino-alcohol motifs (C(OH)–C–C–N with tert-alkyl or cyclic N) is 1. The lowest BCUT2D eigenvalue weighted by atomic mass is 9.81. The molecule has 0 unspecified atom stereocenters. The largest absolute Gasteiger partial charge is 0.493 e. The summed E-state index contributed by atoms with van der Waals surface area (Å²) in [7, 11) is 3.21. The number of methoxy groups -OCH3 is 2. The van der Waals surface area contributed by atoms with Gasteiger partial charge in [0, 0.05) is 25.2 Å². The topological polar surface area (TPSA) is 62.2 Å². The molecule has 0 saturated carbocycles. The summed E-state index contributed by atoms with van der Waals surface area (Å²) >= 11 is 0. The quantitative estimate of drug-likeness (QED) is 0.809. The molecule has 6 nitrogen and oxygen atoms in total. The minimum atomic E-state index is -1.30. The van der Waals surface area contributed by atoms with E-state index in [-0.39, 0.29) is 5.91 Å². The van der Waals surface area contributed by atoms with Crippen LogP contribution < -0.4 is 9.47 Å². The predicted molar refractivity (Wildman–Crippen MR) is 109 cm³/mol. The Morgan fingerprint density at radius 3 is 2.43 bits per heavy atom. The maximum absolute atomic E-state index is 13.2. The van der Waals surface area contributed by atoms with E-state index in [1.807, 2.05) is 18.2 Å². The van der Waals surface area contributed by atoms with Gasteiger partial charge in [0.2, 0.25) is 0 Å². The second-order valence-electron chi connectivity index (χ2n) is 8.95. The summed E-state index contributed by atoms with van der Waals surface area (Å²) in [6.07, 6.45) is 3.52. The Labute approximate surface area is 168 Å². The number of aliphatic hydroxyl groups is 1. The number of likely N-dealkylation sites (tertiary alicyclic amines) is 2. The van der Waals surface area contributed by atoms with E-state index in [1.165, 1.54) is 0 Å². The van der Waals surface area contributed by atoms with Gasteiger partial charge < -0.3 is 19.5 Å². The van der Waals surface area contributed by atoms with Crippen molar-refractivity contribution in [2.75, 3.05) is 40.4 Å². The van der Waals surface area contributed by atoms with Gasteiger partial charge in [-0.2, -0.15) is 0 Å². The van der Waals surface area contributed by atoms with Gasteiger partial charge in [-0.05, 0) is 50.3 Å². The second-order valence-corrected chi connectivity index (χ2v) is 8.95. The van der Waals surface area contributed by atoms with Crippen molar-refractivity contribution in [3.8, 4) is 11.5 Å². The number of benzene rings is 1. The highest BCUT2D eigenvalue weighted by Gasteiger charge is 2.44. The van der Waals surface area contributed by atoms with E-state index < -0.39 is 5.60 Å². The van der Waals surface area contributed by atoms with Crippen molar-refractivity contribution >= 4 is 5.91 Å².